The van der Waals surface area contributed by atoms with Crippen LogP contribution in [0.25, 0.3) is 0 Å². The number of hydrogen-bond acceptors (Lipinski definition) is 3. The Labute approximate surface area is 117 Å². The van der Waals surface area contributed by atoms with E-state index in [9.17, 15) is 0 Å². The summed E-state index contributed by atoms with van der Waals surface area (Å²) in [7, 11) is 0. The lowest BCUT2D eigenvalue weighted by Gasteiger charge is -2.27. The quantitative estimate of drug-likeness (QED) is 0.866. The largest absolute Gasteiger partial charge is 0.352 e. The molecule has 1 aromatic rings. The van der Waals surface area contributed by atoms with Gasteiger partial charge in [0.05, 0.1) is 0 Å². The monoisotopic (exact) mass is 309 g/mol. The van der Waals surface area contributed by atoms with Crippen molar-refractivity contribution < 1.29 is 0 Å². The van der Waals surface area contributed by atoms with Crippen molar-refractivity contribution in [1.82, 2.24) is 10.3 Å². The molecule has 0 amide bonds. The van der Waals surface area contributed by atoms with E-state index in [1.54, 1.807) is 0 Å². The Morgan fingerprint density at radius 3 is 2.94 bits per heavy atom. The van der Waals surface area contributed by atoms with Gasteiger partial charge in [-0.1, -0.05) is 26.0 Å². The Morgan fingerprint density at radius 2 is 2.28 bits per heavy atom. The van der Waals surface area contributed by atoms with Crippen LogP contribution in [0.3, 0.4) is 0 Å². The molecule has 0 atom stereocenters. The number of pyridine rings is 1. The van der Waals surface area contributed by atoms with Crippen LogP contribution in [-0.2, 0) is 6.54 Å². The summed E-state index contributed by atoms with van der Waals surface area (Å²) < 4.78 is 1.04. The molecule has 0 fully saturated rings. The topological polar surface area (TPSA) is 28.2 Å². The molecule has 0 spiro atoms. The minimum absolute atomic E-state index is 0.484. The summed E-state index contributed by atoms with van der Waals surface area (Å²) in [5.74, 6) is 1.11. The lowest BCUT2D eigenvalue weighted by Crippen LogP contribution is -2.30. The smallest absolute Gasteiger partial charge is 0.133 e. The van der Waals surface area contributed by atoms with E-state index >= 15 is 0 Å². The zero-order valence-electron chi connectivity index (χ0n) is 11.0. The SMILES string of the molecule is CC(C)NCc1cc(Br)cnc1N1CC=CCC1. The van der Waals surface area contributed by atoms with Gasteiger partial charge in [-0.3, -0.25) is 0 Å². The van der Waals surface area contributed by atoms with Crippen molar-refractivity contribution in [3.8, 4) is 0 Å². The minimum Gasteiger partial charge on any atom is -0.352 e. The molecule has 1 aliphatic heterocycles. The second-order valence-corrected chi connectivity index (χ2v) is 5.79. The van der Waals surface area contributed by atoms with Gasteiger partial charge in [-0.05, 0) is 28.4 Å². The van der Waals surface area contributed by atoms with Crippen LogP contribution in [0.15, 0.2) is 28.9 Å². The normalized spacial score (nSPS) is 15.4. The van der Waals surface area contributed by atoms with Crippen molar-refractivity contribution in [3.63, 3.8) is 0 Å². The fourth-order valence-electron chi connectivity index (χ4n) is 2.04. The molecule has 0 saturated heterocycles. The lowest BCUT2D eigenvalue weighted by molar-refractivity contribution is 0.586. The Morgan fingerprint density at radius 1 is 1.44 bits per heavy atom. The fourth-order valence-corrected chi connectivity index (χ4v) is 2.42. The van der Waals surface area contributed by atoms with Crippen LogP contribution < -0.4 is 10.2 Å². The van der Waals surface area contributed by atoms with Crippen molar-refractivity contribution in [1.29, 1.82) is 0 Å². The van der Waals surface area contributed by atoms with Gasteiger partial charge < -0.3 is 10.2 Å². The van der Waals surface area contributed by atoms with Crippen molar-refractivity contribution >= 4 is 21.7 Å². The second-order valence-electron chi connectivity index (χ2n) is 4.88. The highest BCUT2D eigenvalue weighted by Gasteiger charge is 2.14. The van der Waals surface area contributed by atoms with Crippen molar-refractivity contribution in [3.05, 3.63) is 34.5 Å². The van der Waals surface area contributed by atoms with Crippen LogP contribution in [0.2, 0.25) is 0 Å². The first-order chi connectivity index (χ1) is 8.66. The predicted octanol–water partition coefficient (Wildman–Crippen LogP) is 3.11. The number of anilines is 1. The Kier molecular flexibility index (Phi) is 4.78. The van der Waals surface area contributed by atoms with E-state index in [4.69, 9.17) is 0 Å². The molecule has 1 N–H and O–H groups in total. The van der Waals surface area contributed by atoms with Crippen LogP contribution in [0.4, 0.5) is 5.82 Å². The molecule has 0 aliphatic carbocycles. The summed E-state index contributed by atoms with van der Waals surface area (Å²) in [6.07, 6.45) is 7.44. The van der Waals surface area contributed by atoms with E-state index in [-0.39, 0.29) is 0 Å². The molecule has 0 aromatic carbocycles. The van der Waals surface area contributed by atoms with E-state index in [2.05, 4.69) is 63.2 Å². The molecule has 3 nitrogen and oxygen atoms in total. The average Bonchev–Trinajstić information content (AvgIpc) is 2.37. The number of nitrogens with one attached hydrogen (secondary N) is 1. The van der Waals surface area contributed by atoms with Crippen molar-refractivity contribution in [2.45, 2.75) is 32.9 Å². The Bertz CT molecular complexity index is 429. The number of halogens is 1. The number of rotatable bonds is 4. The number of nitrogens with zero attached hydrogens (tertiary/aromatic N) is 2. The maximum Gasteiger partial charge on any atom is 0.133 e. The van der Waals surface area contributed by atoms with E-state index in [1.807, 2.05) is 6.20 Å². The summed E-state index contributed by atoms with van der Waals surface area (Å²) in [5, 5.41) is 3.46. The molecular weight excluding hydrogens is 290 g/mol. The van der Waals surface area contributed by atoms with Gasteiger partial charge in [0.15, 0.2) is 0 Å². The third kappa shape index (κ3) is 3.56. The van der Waals surface area contributed by atoms with Crippen LogP contribution in [0, 0.1) is 0 Å². The Balaban J connectivity index is 2.19. The van der Waals surface area contributed by atoms with Gasteiger partial charge in [-0.25, -0.2) is 4.98 Å². The molecule has 1 aliphatic rings. The second kappa shape index (κ2) is 6.34. The molecule has 98 valence electrons. The van der Waals surface area contributed by atoms with Gasteiger partial charge >= 0.3 is 0 Å². The van der Waals surface area contributed by atoms with Gasteiger partial charge in [0.2, 0.25) is 0 Å². The molecular formula is C14H20BrN3. The molecule has 0 bridgehead atoms. The summed E-state index contributed by atoms with van der Waals surface area (Å²) in [4.78, 5) is 6.92. The van der Waals surface area contributed by atoms with Gasteiger partial charge in [0.1, 0.15) is 5.82 Å². The standard InChI is InChI=1S/C14H20BrN3/c1-11(2)16-9-12-8-13(15)10-17-14(12)18-6-4-3-5-7-18/h3-4,8,10-11,16H,5-7,9H2,1-2H3. The summed E-state index contributed by atoms with van der Waals surface area (Å²) >= 11 is 3.50. The van der Waals surface area contributed by atoms with Gasteiger partial charge in [-0.15, -0.1) is 0 Å². The maximum atomic E-state index is 4.59. The van der Waals surface area contributed by atoms with E-state index in [0.717, 1.165) is 36.3 Å². The maximum absolute atomic E-state index is 4.59. The zero-order chi connectivity index (χ0) is 13.0. The number of hydrogen-bond donors (Lipinski definition) is 1. The number of aromatic nitrogens is 1. The minimum atomic E-state index is 0.484. The summed E-state index contributed by atoms with van der Waals surface area (Å²) in [6, 6.07) is 2.65. The first-order valence-electron chi connectivity index (χ1n) is 6.44. The third-order valence-corrected chi connectivity index (χ3v) is 3.40. The molecule has 0 unspecified atom stereocenters. The highest BCUT2D eigenvalue weighted by Crippen LogP contribution is 2.23. The van der Waals surface area contributed by atoms with Crippen molar-refractivity contribution in [2.75, 3.05) is 18.0 Å². The first kappa shape index (κ1) is 13.6. The zero-order valence-corrected chi connectivity index (χ0v) is 12.6. The molecule has 4 heteroatoms. The highest BCUT2D eigenvalue weighted by atomic mass is 79.9. The molecule has 0 saturated carbocycles. The highest BCUT2D eigenvalue weighted by molar-refractivity contribution is 9.10. The molecule has 0 radical (unpaired) electrons. The van der Waals surface area contributed by atoms with Crippen LogP contribution >= 0.6 is 15.9 Å². The van der Waals surface area contributed by atoms with Gasteiger partial charge in [0.25, 0.3) is 0 Å². The molecule has 2 rings (SSSR count). The van der Waals surface area contributed by atoms with Gasteiger partial charge in [-0.2, -0.15) is 0 Å². The van der Waals surface area contributed by atoms with Crippen LogP contribution in [0.5, 0.6) is 0 Å². The van der Waals surface area contributed by atoms with Crippen LogP contribution in [0.1, 0.15) is 25.8 Å². The first-order valence-corrected chi connectivity index (χ1v) is 7.24. The third-order valence-electron chi connectivity index (χ3n) is 2.97. The molecule has 2 heterocycles. The van der Waals surface area contributed by atoms with E-state index in [0.29, 0.717) is 6.04 Å². The van der Waals surface area contributed by atoms with E-state index < -0.39 is 0 Å². The average molecular weight is 310 g/mol. The fraction of sp³-hybridized carbons (Fsp3) is 0.500. The van der Waals surface area contributed by atoms with Crippen molar-refractivity contribution in [2.24, 2.45) is 0 Å². The lowest BCUT2D eigenvalue weighted by atomic mass is 10.2. The predicted molar refractivity (Wildman–Crippen MR) is 79.9 cm³/mol. The van der Waals surface area contributed by atoms with Gasteiger partial charge in [0, 0.05) is 41.9 Å². The Hall–Kier alpha value is -0.870. The molecule has 1 aromatic heterocycles. The van der Waals surface area contributed by atoms with Crippen LogP contribution in [-0.4, -0.2) is 24.1 Å². The van der Waals surface area contributed by atoms with E-state index in [1.165, 1.54) is 5.56 Å². The summed E-state index contributed by atoms with van der Waals surface area (Å²) in [6.45, 7) is 7.20. The summed E-state index contributed by atoms with van der Waals surface area (Å²) in [5.41, 5.74) is 1.26. The molecule has 18 heavy (non-hydrogen) atoms.